The molecule has 0 radical (unpaired) electrons. The second-order valence-electron chi connectivity index (χ2n) is 7.36. The van der Waals surface area contributed by atoms with E-state index in [1.807, 2.05) is 26.2 Å². The average molecular weight is 386 g/mol. The molecule has 2 heterocycles. The summed E-state index contributed by atoms with van der Waals surface area (Å²) in [7, 11) is 0. The topological polar surface area (TPSA) is 76.7 Å². The third kappa shape index (κ3) is 3.25. The minimum Gasteiger partial charge on any atom is -0.507 e. The fraction of sp³-hybridized carbons (Fsp3) is 0.333. The van der Waals surface area contributed by atoms with Crippen molar-refractivity contribution >= 4 is 34.1 Å². The fourth-order valence-electron chi connectivity index (χ4n) is 3.07. The van der Waals surface area contributed by atoms with Crippen molar-refractivity contribution in [1.29, 1.82) is 0 Å². The molecule has 0 spiro atoms. The highest BCUT2D eigenvalue weighted by Crippen LogP contribution is 2.43. The Labute approximate surface area is 161 Å². The number of aromatic hydroxyl groups is 1. The highest BCUT2D eigenvalue weighted by Gasteiger charge is 2.30. The number of fused-ring (bicyclic) bond motifs is 1. The predicted octanol–water partition coefficient (Wildman–Crippen LogP) is 5.21. The molecule has 27 heavy (non-hydrogen) atoms. The van der Waals surface area contributed by atoms with E-state index in [2.05, 4.69) is 0 Å². The molecule has 0 saturated heterocycles. The molecule has 142 valence electrons. The van der Waals surface area contributed by atoms with Crippen LogP contribution in [0.2, 0.25) is 0 Å². The van der Waals surface area contributed by atoms with Gasteiger partial charge in [0.2, 0.25) is 11.5 Å². The van der Waals surface area contributed by atoms with Gasteiger partial charge in [-0.3, -0.25) is 4.79 Å². The van der Waals surface area contributed by atoms with Gasteiger partial charge in [-0.05, 0) is 36.8 Å². The molecule has 3 rings (SSSR count). The van der Waals surface area contributed by atoms with Crippen molar-refractivity contribution < 1.29 is 23.8 Å². The maximum atomic E-state index is 13.1. The zero-order chi connectivity index (χ0) is 19.9. The van der Waals surface area contributed by atoms with Crippen molar-refractivity contribution in [3.05, 3.63) is 50.9 Å². The number of furan rings is 1. The zero-order valence-electron chi connectivity index (χ0n) is 16.0. The number of benzene rings is 1. The van der Waals surface area contributed by atoms with Crippen LogP contribution in [0.5, 0.6) is 5.75 Å². The van der Waals surface area contributed by atoms with Gasteiger partial charge in [-0.1, -0.05) is 26.8 Å². The minimum absolute atomic E-state index is 0.00781. The summed E-state index contributed by atoms with van der Waals surface area (Å²) in [5.74, 6) is -0.785. The second-order valence-corrected chi connectivity index (χ2v) is 8.31. The zero-order valence-corrected chi connectivity index (χ0v) is 16.8. The molecule has 6 heteroatoms. The molecule has 0 aliphatic heterocycles. The third-order valence-corrected chi connectivity index (χ3v) is 5.30. The smallest absolute Gasteiger partial charge is 0.374 e. The van der Waals surface area contributed by atoms with Crippen molar-refractivity contribution in [3.8, 4) is 5.75 Å². The SMILES string of the molecule is CCOC(=O)c1oc2c(C(=O)c3cccs3)cc(C(C)(C)C)c(O)c2c1C. The molecule has 0 aliphatic rings. The van der Waals surface area contributed by atoms with E-state index < -0.39 is 11.4 Å². The van der Waals surface area contributed by atoms with Crippen LogP contribution in [-0.4, -0.2) is 23.5 Å². The van der Waals surface area contributed by atoms with E-state index in [0.29, 0.717) is 27.0 Å². The Bertz CT molecular complexity index is 1020. The summed E-state index contributed by atoms with van der Waals surface area (Å²) in [6.45, 7) is 9.45. The Morgan fingerprint density at radius 3 is 2.56 bits per heavy atom. The summed E-state index contributed by atoms with van der Waals surface area (Å²) in [6, 6.07) is 5.21. The van der Waals surface area contributed by atoms with Gasteiger partial charge < -0.3 is 14.3 Å². The summed E-state index contributed by atoms with van der Waals surface area (Å²) in [6.07, 6.45) is 0. The van der Waals surface area contributed by atoms with Gasteiger partial charge in [0.15, 0.2) is 0 Å². The van der Waals surface area contributed by atoms with Gasteiger partial charge in [-0.25, -0.2) is 4.79 Å². The molecule has 0 fully saturated rings. The lowest BCUT2D eigenvalue weighted by molar-refractivity contribution is 0.0491. The van der Waals surface area contributed by atoms with Gasteiger partial charge in [-0.2, -0.15) is 0 Å². The number of phenols is 1. The number of hydrogen-bond acceptors (Lipinski definition) is 6. The van der Waals surface area contributed by atoms with E-state index in [0.717, 1.165) is 0 Å². The Kier molecular flexibility index (Phi) is 4.86. The maximum absolute atomic E-state index is 13.1. The van der Waals surface area contributed by atoms with Crippen molar-refractivity contribution in [3.63, 3.8) is 0 Å². The summed E-state index contributed by atoms with van der Waals surface area (Å²) >= 11 is 1.33. The molecule has 0 unspecified atom stereocenters. The Morgan fingerprint density at radius 1 is 1.30 bits per heavy atom. The number of esters is 1. The van der Waals surface area contributed by atoms with Gasteiger partial charge in [0.1, 0.15) is 11.3 Å². The van der Waals surface area contributed by atoms with Gasteiger partial charge in [0.05, 0.1) is 22.4 Å². The van der Waals surface area contributed by atoms with E-state index in [9.17, 15) is 14.7 Å². The van der Waals surface area contributed by atoms with Gasteiger partial charge in [0, 0.05) is 11.1 Å². The summed E-state index contributed by atoms with van der Waals surface area (Å²) in [5, 5.41) is 13.1. The lowest BCUT2D eigenvalue weighted by atomic mass is 9.83. The minimum atomic E-state index is -0.613. The molecule has 0 saturated carbocycles. The largest absolute Gasteiger partial charge is 0.507 e. The standard InChI is InChI=1S/C21H22O5S/c1-6-25-20(24)18-11(2)15-17(23)13(21(3,4)5)10-12(19(15)26-18)16(22)14-8-7-9-27-14/h7-10,23H,6H2,1-5H3. The quantitative estimate of drug-likeness (QED) is 0.492. The number of aryl methyl sites for hydroxylation is 1. The highest BCUT2D eigenvalue weighted by molar-refractivity contribution is 7.12. The van der Waals surface area contributed by atoms with Crippen molar-refractivity contribution in [2.24, 2.45) is 0 Å². The number of phenolic OH excluding ortho intramolecular Hbond substituents is 1. The van der Waals surface area contributed by atoms with Crippen molar-refractivity contribution in [2.75, 3.05) is 6.61 Å². The van der Waals surface area contributed by atoms with E-state index >= 15 is 0 Å². The fourth-order valence-corrected chi connectivity index (χ4v) is 3.75. The number of hydrogen-bond donors (Lipinski definition) is 1. The number of rotatable bonds is 4. The van der Waals surface area contributed by atoms with Crippen LogP contribution < -0.4 is 0 Å². The average Bonchev–Trinajstić information content (AvgIpc) is 3.22. The number of ether oxygens (including phenoxy) is 1. The first-order chi connectivity index (χ1) is 12.7. The molecular formula is C21H22O5S. The Morgan fingerprint density at radius 2 is 2.00 bits per heavy atom. The normalized spacial score (nSPS) is 11.7. The van der Waals surface area contributed by atoms with E-state index in [-0.39, 0.29) is 29.5 Å². The van der Waals surface area contributed by atoms with Crippen LogP contribution >= 0.6 is 11.3 Å². The molecule has 3 aromatic rings. The first-order valence-electron chi connectivity index (χ1n) is 8.71. The Balaban J connectivity index is 2.36. The van der Waals surface area contributed by atoms with Crippen molar-refractivity contribution in [2.45, 2.75) is 40.0 Å². The molecule has 0 aliphatic carbocycles. The maximum Gasteiger partial charge on any atom is 0.374 e. The van der Waals surface area contributed by atoms with Crippen LogP contribution in [0.1, 0.15) is 64.6 Å². The van der Waals surface area contributed by atoms with Crippen LogP contribution in [0.25, 0.3) is 11.0 Å². The Hall–Kier alpha value is -2.60. The van der Waals surface area contributed by atoms with Crippen molar-refractivity contribution in [1.82, 2.24) is 0 Å². The molecule has 2 aromatic heterocycles. The number of thiophene rings is 1. The summed E-state index contributed by atoms with van der Waals surface area (Å²) in [5.41, 5.74) is 1.21. The van der Waals surface area contributed by atoms with E-state index in [4.69, 9.17) is 9.15 Å². The van der Waals surface area contributed by atoms with Gasteiger partial charge in [0.25, 0.3) is 0 Å². The lowest BCUT2D eigenvalue weighted by Gasteiger charge is -2.21. The van der Waals surface area contributed by atoms with Crippen LogP contribution in [0.4, 0.5) is 0 Å². The molecule has 0 amide bonds. The van der Waals surface area contributed by atoms with E-state index in [1.165, 1.54) is 11.3 Å². The van der Waals surface area contributed by atoms with Crippen LogP contribution in [-0.2, 0) is 10.2 Å². The molecule has 1 N–H and O–H groups in total. The predicted molar refractivity (Wildman–Crippen MR) is 105 cm³/mol. The first kappa shape index (κ1) is 19.2. The molecule has 1 aromatic carbocycles. The number of carbonyl (C=O) groups is 2. The third-order valence-electron chi connectivity index (χ3n) is 4.43. The second kappa shape index (κ2) is 6.85. The monoisotopic (exact) mass is 386 g/mol. The summed E-state index contributed by atoms with van der Waals surface area (Å²) in [4.78, 5) is 25.9. The van der Waals surface area contributed by atoms with Crippen LogP contribution in [0, 0.1) is 6.92 Å². The van der Waals surface area contributed by atoms with E-state index in [1.54, 1.807) is 32.0 Å². The van der Waals surface area contributed by atoms with Crippen LogP contribution in [0.15, 0.2) is 28.0 Å². The van der Waals surface area contributed by atoms with Gasteiger partial charge >= 0.3 is 5.97 Å². The number of carbonyl (C=O) groups excluding carboxylic acids is 2. The molecule has 0 bridgehead atoms. The molecule has 5 nitrogen and oxygen atoms in total. The first-order valence-corrected chi connectivity index (χ1v) is 9.59. The molecular weight excluding hydrogens is 364 g/mol. The molecule has 0 atom stereocenters. The lowest BCUT2D eigenvalue weighted by Crippen LogP contribution is -2.13. The number of ketones is 1. The van der Waals surface area contributed by atoms with Gasteiger partial charge in [-0.15, -0.1) is 11.3 Å². The van der Waals surface area contributed by atoms with Crippen LogP contribution in [0.3, 0.4) is 0 Å². The summed E-state index contributed by atoms with van der Waals surface area (Å²) < 4.78 is 10.8. The highest BCUT2D eigenvalue weighted by atomic mass is 32.1.